The average molecular weight is 208 g/mol. The van der Waals surface area contributed by atoms with Gasteiger partial charge in [0, 0.05) is 14.5 Å². The second-order valence-corrected chi connectivity index (χ2v) is 5.46. The SMILES string of the molecule is [2H]C1([2H])C[C@H](C(C)C)C[C@]2(CCCC2=C)C1=O. The molecule has 1 spiro atoms. The first-order valence-corrected chi connectivity index (χ1v) is 6.03. The van der Waals surface area contributed by atoms with Gasteiger partial charge in [-0.05, 0) is 43.9 Å². The number of rotatable bonds is 1. The highest BCUT2D eigenvalue weighted by Crippen LogP contribution is 2.52. The Morgan fingerprint density at radius 1 is 1.60 bits per heavy atom. The van der Waals surface area contributed by atoms with Gasteiger partial charge in [-0.2, -0.15) is 0 Å². The highest BCUT2D eigenvalue weighted by atomic mass is 16.1. The fourth-order valence-electron chi connectivity index (χ4n) is 3.02. The van der Waals surface area contributed by atoms with Crippen molar-refractivity contribution in [3.63, 3.8) is 0 Å². The molecule has 0 aromatic carbocycles. The van der Waals surface area contributed by atoms with Gasteiger partial charge in [-0.25, -0.2) is 0 Å². The fraction of sp³-hybridized carbons (Fsp3) is 0.786. The van der Waals surface area contributed by atoms with Crippen molar-refractivity contribution < 1.29 is 7.54 Å². The molecule has 1 nitrogen and oxygen atoms in total. The first kappa shape index (κ1) is 8.55. The minimum Gasteiger partial charge on any atom is -0.299 e. The van der Waals surface area contributed by atoms with Crippen LogP contribution in [0.5, 0.6) is 0 Å². The van der Waals surface area contributed by atoms with Crippen molar-refractivity contribution in [2.45, 2.75) is 52.3 Å². The van der Waals surface area contributed by atoms with E-state index >= 15 is 0 Å². The molecule has 0 radical (unpaired) electrons. The lowest BCUT2D eigenvalue weighted by molar-refractivity contribution is -0.130. The average Bonchev–Trinajstić information content (AvgIpc) is 2.57. The van der Waals surface area contributed by atoms with Crippen LogP contribution in [0, 0.1) is 17.3 Å². The highest BCUT2D eigenvalue weighted by molar-refractivity contribution is 5.89. The number of allylic oxidation sites excluding steroid dienone is 1. The van der Waals surface area contributed by atoms with Crippen molar-refractivity contribution in [1.29, 1.82) is 0 Å². The molecule has 2 aliphatic rings. The lowest BCUT2D eigenvalue weighted by atomic mass is 9.64. The number of hydrogen-bond donors (Lipinski definition) is 0. The van der Waals surface area contributed by atoms with Crippen LogP contribution in [0.1, 0.15) is 55.1 Å². The van der Waals surface area contributed by atoms with Gasteiger partial charge in [0.1, 0.15) is 5.78 Å². The minimum absolute atomic E-state index is 0.190. The zero-order valence-electron chi connectivity index (χ0n) is 11.8. The van der Waals surface area contributed by atoms with Gasteiger partial charge in [0.2, 0.25) is 0 Å². The normalized spacial score (nSPS) is 42.2. The topological polar surface area (TPSA) is 17.1 Å². The van der Waals surface area contributed by atoms with E-state index in [1.807, 2.05) is 0 Å². The molecule has 2 saturated carbocycles. The number of hydrogen-bond acceptors (Lipinski definition) is 1. The molecule has 2 aliphatic carbocycles. The van der Waals surface area contributed by atoms with Crippen LogP contribution in [0.3, 0.4) is 0 Å². The number of ketones is 1. The standard InChI is InChI=1S/C14H22O/c1-10(2)12-6-7-13(15)14(9-12)8-4-5-11(14)3/h10,12H,3-9H2,1-2H3/t12-,14-/m0/s1/i7D2. The molecule has 0 amide bonds. The zero-order chi connectivity index (χ0) is 12.8. The first-order valence-electron chi connectivity index (χ1n) is 7.03. The van der Waals surface area contributed by atoms with Crippen LogP contribution < -0.4 is 0 Å². The van der Waals surface area contributed by atoms with Gasteiger partial charge in [0.15, 0.2) is 0 Å². The van der Waals surface area contributed by atoms with Crippen molar-refractivity contribution in [2.75, 3.05) is 0 Å². The maximum Gasteiger partial charge on any atom is 0.143 e. The molecule has 0 saturated heterocycles. The molecule has 2 atom stereocenters. The molecule has 2 rings (SSSR count). The summed E-state index contributed by atoms with van der Waals surface area (Å²) in [6, 6.07) is 0. The molecule has 0 heterocycles. The van der Waals surface area contributed by atoms with E-state index in [0.717, 1.165) is 31.3 Å². The summed E-state index contributed by atoms with van der Waals surface area (Å²) in [6.45, 7) is 8.31. The van der Waals surface area contributed by atoms with Crippen LogP contribution in [0.2, 0.25) is 0 Å². The van der Waals surface area contributed by atoms with E-state index in [-0.39, 0.29) is 5.78 Å². The van der Waals surface area contributed by atoms with Crippen LogP contribution in [-0.2, 0) is 4.79 Å². The van der Waals surface area contributed by atoms with Crippen LogP contribution in [0.25, 0.3) is 0 Å². The summed E-state index contributed by atoms with van der Waals surface area (Å²) in [5.41, 5.74) is 0.452. The maximum atomic E-state index is 12.4. The number of Topliss-reactive ketones (excluding diaryl/α,β-unsaturated/α-hetero) is 1. The van der Waals surface area contributed by atoms with E-state index in [1.54, 1.807) is 0 Å². The molecule has 15 heavy (non-hydrogen) atoms. The Bertz CT molecular complexity index is 359. The first-order chi connectivity index (χ1) is 7.79. The van der Waals surface area contributed by atoms with Crippen molar-refractivity contribution in [1.82, 2.24) is 0 Å². The molecule has 1 heteroatoms. The number of carbonyl (C=O) groups is 1. The van der Waals surface area contributed by atoms with Crippen molar-refractivity contribution in [3.8, 4) is 0 Å². The van der Waals surface area contributed by atoms with Crippen LogP contribution in [0.4, 0.5) is 0 Å². The van der Waals surface area contributed by atoms with Crippen LogP contribution in [0.15, 0.2) is 12.2 Å². The quantitative estimate of drug-likeness (QED) is 0.600. The number of carbonyl (C=O) groups excluding carboxylic acids is 1. The Morgan fingerprint density at radius 3 is 2.87 bits per heavy atom. The van der Waals surface area contributed by atoms with E-state index in [1.165, 1.54) is 0 Å². The molecule has 0 bridgehead atoms. The molecule has 0 unspecified atom stereocenters. The Labute approximate surface area is 95.8 Å². The van der Waals surface area contributed by atoms with Gasteiger partial charge in [0.25, 0.3) is 0 Å². The Kier molecular flexibility index (Phi) is 2.15. The lowest BCUT2D eigenvalue weighted by Crippen LogP contribution is -2.37. The summed E-state index contributed by atoms with van der Waals surface area (Å²) in [4.78, 5) is 12.4. The van der Waals surface area contributed by atoms with Crippen LogP contribution >= 0.6 is 0 Å². The molecule has 84 valence electrons. The molecular formula is C14H22O. The predicted octanol–water partition coefficient (Wildman–Crippen LogP) is 3.74. The van der Waals surface area contributed by atoms with Gasteiger partial charge >= 0.3 is 0 Å². The van der Waals surface area contributed by atoms with Gasteiger partial charge < -0.3 is 0 Å². The Morgan fingerprint density at radius 2 is 2.33 bits per heavy atom. The summed E-state index contributed by atoms with van der Waals surface area (Å²) in [5, 5.41) is 0. The smallest absolute Gasteiger partial charge is 0.143 e. The zero-order valence-corrected chi connectivity index (χ0v) is 9.81. The largest absolute Gasteiger partial charge is 0.299 e. The second kappa shape index (κ2) is 3.77. The molecule has 0 aliphatic heterocycles. The van der Waals surface area contributed by atoms with Crippen molar-refractivity contribution in [3.05, 3.63) is 12.2 Å². The maximum absolute atomic E-state index is 12.4. The molecular weight excluding hydrogens is 184 g/mol. The Balaban J connectivity index is 2.37. The predicted molar refractivity (Wildman–Crippen MR) is 62.6 cm³/mol. The van der Waals surface area contributed by atoms with E-state index in [0.29, 0.717) is 18.3 Å². The van der Waals surface area contributed by atoms with Gasteiger partial charge in [-0.1, -0.05) is 26.0 Å². The summed E-state index contributed by atoms with van der Waals surface area (Å²) >= 11 is 0. The van der Waals surface area contributed by atoms with Gasteiger partial charge in [-0.3, -0.25) is 4.79 Å². The third-order valence-electron chi connectivity index (χ3n) is 4.27. The fourth-order valence-corrected chi connectivity index (χ4v) is 3.02. The van der Waals surface area contributed by atoms with E-state index in [2.05, 4.69) is 20.4 Å². The monoisotopic (exact) mass is 208 g/mol. The summed E-state index contributed by atoms with van der Waals surface area (Å²) in [6.07, 6.45) is 2.26. The van der Waals surface area contributed by atoms with Gasteiger partial charge in [0.05, 0.1) is 0 Å². The minimum atomic E-state index is -1.65. The van der Waals surface area contributed by atoms with Crippen LogP contribution in [-0.4, -0.2) is 5.78 Å². The van der Waals surface area contributed by atoms with E-state index in [4.69, 9.17) is 2.74 Å². The molecule has 0 aromatic heterocycles. The molecule has 0 N–H and O–H groups in total. The lowest BCUT2D eigenvalue weighted by Gasteiger charge is -2.39. The molecule has 2 fully saturated rings. The summed E-state index contributed by atoms with van der Waals surface area (Å²) in [7, 11) is 0. The highest BCUT2D eigenvalue weighted by Gasteiger charge is 2.47. The third-order valence-corrected chi connectivity index (χ3v) is 4.27. The summed E-state index contributed by atoms with van der Waals surface area (Å²) in [5.74, 6) is 0.547. The van der Waals surface area contributed by atoms with Crippen molar-refractivity contribution in [2.24, 2.45) is 17.3 Å². The molecule has 0 aromatic rings. The third kappa shape index (κ3) is 1.66. The van der Waals surface area contributed by atoms with Crippen molar-refractivity contribution >= 4 is 5.78 Å². The van der Waals surface area contributed by atoms with E-state index in [9.17, 15) is 4.79 Å². The Hall–Kier alpha value is -0.590. The van der Waals surface area contributed by atoms with Gasteiger partial charge in [-0.15, -0.1) is 0 Å². The second-order valence-electron chi connectivity index (χ2n) is 5.46. The van der Waals surface area contributed by atoms with E-state index < -0.39 is 11.8 Å². The summed E-state index contributed by atoms with van der Waals surface area (Å²) < 4.78 is 16.0.